The van der Waals surface area contributed by atoms with Gasteiger partial charge >= 0.3 is 11.9 Å². The number of carbonyl (C=O) groups excluding carboxylic acids is 2. The first kappa shape index (κ1) is 14.6. The molecule has 0 bridgehead atoms. The number of nitrogens with one attached hydrogen (secondary N) is 1. The highest BCUT2D eigenvalue weighted by Crippen LogP contribution is 1.93. The monoisotopic (exact) mass is 268 g/mol. The van der Waals surface area contributed by atoms with E-state index >= 15 is 0 Å². The van der Waals surface area contributed by atoms with Crippen molar-refractivity contribution in [3.05, 3.63) is 24.0 Å². The van der Waals surface area contributed by atoms with Crippen LogP contribution in [0.4, 0.5) is 0 Å². The van der Waals surface area contributed by atoms with Gasteiger partial charge in [0.2, 0.25) is 0 Å². The largest absolute Gasteiger partial charge is 0.481 e. The third kappa shape index (κ3) is 5.11. The standard InChI is InChI=1S/C11H13N3O5/c1-19-10(17)7-12-11(18)8-2-4-14(13-6-8)5-3-9(15)16/h2,4,6H,3,5,7H2,1H3,(H-,12,15,16,18)/p+1. The summed E-state index contributed by atoms with van der Waals surface area (Å²) >= 11 is 0. The van der Waals surface area contributed by atoms with Gasteiger partial charge in [-0.2, -0.15) is 0 Å². The Hall–Kier alpha value is -2.51. The SMILES string of the molecule is COC(=O)CNC(=O)c1cc[n+](CCC(=O)O)nc1. The summed E-state index contributed by atoms with van der Waals surface area (Å²) in [6.07, 6.45) is 2.75. The molecule has 19 heavy (non-hydrogen) atoms. The Bertz CT molecular complexity index is 472. The molecule has 8 heteroatoms. The molecule has 0 fully saturated rings. The highest BCUT2D eigenvalue weighted by Gasteiger charge is 2.11. The van der Waals surface area contributed by atoms with Crippen LogP contribution < -0.4 is 10.00 Å². The van der Waals surface area contributed by atoms with Gasteiger partial charge < -0.3 is 15.2 Å². The molecule has 1 aromatic rings. The van der Waals surface area contributed by atoms with Crippen molar-refractivity contribution in [1.82, 2.24) is 10.4 Å². The number of ether oxygens (including phenoxy) is 1. The first-order chi connectivity index (χ1) is 9.02. The van der Waals surface area contributed by atoms with Crippen molar-refractivity contribution in [2.24, 2.45) is 0 Å². The predicted molar refractivity (Wildman–Crippen MR) is 61.0 cm³/mol. The Labute approximate surface area is 109 Å². The van der Waals surface area contributed by atoms with Gasteiger partial charge in [-0.3, -0.25) is 14.4 Å². The van der Waals surface area contributed by atoms with Crippen LogP contribution in [0.15, 0.2) is 18.5 Å². The number of nitrogens with zero attached hydrogens (tertiary/aromatic N) is 2. The fourth-order valence-electron chi connectivity index (χ4n) is 1.19. The van der Waals surface area contributed by atoms with E-state index in [4.69, 9.17) is 5.11 Å². The van der Waals surface area contributed by atoms with Crippen LogP contribution in [0.25, 0.3) is 0 Å². The first-order valence-electron chi connectivity index (χ1n) is 5.45. The zero-order chi connectivity index (χ0) is 14.3. The summed E-state index contributed by atoms with van der Waals surface area (Å²) in [5.74, 6) is -1.92. The van der Waals surface area contributed by atoms with Gasteiger partial charge in [0.15, 0.2) is 12.7 Å². The van der Waals surface area contributed by atoms with Crippen LogP contribution in [-0.4, -0.2) is 41.7 Å². The molecule has 0 aliphatic heterocycles. The summed E-state index contributed by atoms with van der Waals surface area (Å²) in [5, 5.41) is 14.8. The van der Waals surface area contributed by atoms with Gasteiger partial charge in [-0.1, -0.05) is 4.68 Å². The van der Waals surface area contributed by atoms with Crippen molar-refractivity contribution in [3.63, 3.8) is 0 Å². The molecule has 0 saturated heterocycles. The van der Waals surface area contributed by atoms with Crippen LogP contribution >= 0.6 is 0 Å². The van der Waals surface area contributed by atoms with E-state index in [2.05, 4.69) is 15.2 Å². The van der Waals surface area contributed by atoms with Crippen molar-refractivity contribution in [2.75, 3.05) is 13.7 Å². The van der Waals surface area contributed by atoms with Crippen LogP contribution in [0.1, 0.15) is 16.8 Å². The molecule has 8 nitrogen and oxygen atoms in total. The number of carboxylic acids is 1. The molecular weight excluding hydrogens is 254 g/mol. The lowest BCUT2D eigenvalue weighted by Gasteiger charge is -2.02. The van der Waals surface area contributed by atoms with Crippen molar-refractivity contribution in [1.29, 1.82) is 0 Å². The predicted octanol–water partition coefficient (Wildman–Crippen LogP) is -1.25. The first-order valence-corrected chi connectivity index (χ1v) is 5.45. The Kier molecular flexibility index (Phi) is 5.39. The van der Waals surface area contributed by atoms with Gasteiger partial charge in [-0.25, -0.2) is 0 Å². The molecule has 0 aliphatic carbocycles. The van der Waals surface area contributed by atoms with Crippen molar-refractivity contribution in [2.45, 2.75) is 13.0 Å². The number of carboxylic acid groups (broad SMARTS) is 1. The van der Waals surface area contributed by atoms with E-state index in [1.807, 2.05) is 0 Å². The maximum Gasteiger partial charge on any atom is 0.325 e. The lowest BCUT2D eigenvalue weighted by atomic mass is 10.3. The normalized spacial score (nSPS) is 9.74. The third-order valence-electron chi connectivity index (χ3n) is 2.21. The fraction of sp³-hybridized carbons (Fsp3) is 0.364. The molecule has 0 spiro atoms. The van der Waals surface area contributed by atoms with Gasteiger partial charge in [-0.05, 0) is 5.10 Å². The summed E-state index contributed by atoms with van der Waals surface area (Å²) in [6.45, 7) is 0.00261. The number of aliphatic carboxylic acids is 1. The molecule has 1 amide bonds. The Morgan fingerprint density at radius 1 is 1.47 bits per heavy atom. The lowest BCUT2D eigenvalue weighted by Crippen LogP contribution is -2.39. The second kappa shape index (κ2) is 7.04. The minimum atomic E-state index is -0.922. The molecule has 0 atom stereocenters. The molecule has 0 saturated carbocycles. The molecular formula is C11H14N3O5+. The van der Waals surface area contributed by atoms with Gasteiger partial charge in [0.1, 0.15) is 19.2 Å². The molecule has 1 heterocycles. The van der Waals surface area contributed by atoms with Crippen LogP contribution in [0.3, 0.4) is 0 Å². The second-order valence-corrected chi connectivity index (χ2v) is 3.58. The number of rotatable bonds is 6. The van der Waals surface area contributed by atoms with Crippen LogP contribution in [0.2, 0.25) is 0 Å². The fourth-order valence-corrected chi connectivity index (χ4v) is 1.19. The summed E-state index contributed by atoms with van der Waals surface area (Å²) < 4.78 is 5.79. The average molecular weight is 268 g/mol. The smallest absolute Gasteiger partial charge is 0.325 e. The zero-order valence-electron chi connectivity index (χ0n) is 10.3. The molecule has 0 aromatic carbocycles. The minimum absolute atomic E-state index is 0.0500. The number of methoxy groups -OCH3 is 1. The average Bonchev–Trinajstić information content (AvgIpc) is 2.42. The number of aromatic nitrogens is 2. The number of hydrogen-bond donors (Lipinski definition) is 2. The summed E-state index contributed by atoms with van der Waals surface area (Å²) in [7, 11) is 1.23. The molecule has 2 N–H and O–H groups in total. The molecule has 1 aromatic heterocycles. The van der Waals surface area contributed by atoms with Gasteiger partial charge in [0.25, 0.3) is 5.91 Å². The molecule has 1 rings (SSSR count). The zero-order valence-corrected chi connectivity index (χ0v) is 10.3. The number of esters is 1. The molecule has 0 aliphatic rings. The number of amides is 1. The van der Waals surface area contributed by atoms with Crippen molar-refractivity contribution < 1.29 is 28.9 Å². The highest BCUT2D eigenvalue weighted by molar-refractivity contribution is 5.95. The number of hydrogen-bond acceptors (Lipinski definition) is 5. The van der Waals surface area contributed by atoms with Crippen molar-refractivity contribution in [3.8, 4) is 0 Å². The van der Waals surface area contributed by atoms with Gasteiger partial charge in [-0.15, -0.1) is 0 Å². The summed E-state index contributed by atoms with van der Waals surface area (Å²) in [4.78, 5) is 32.8. The second-order valence-electron chi connectivity index (χ2n) is 3.58. The maximum absolute atomic E-state index is 11.6. The Morgan fingerprint density at radius 2 is 2.21 bits per heavy atom. The highest BCUT2D eigenvalue weighted by atomic mass is 16.5. The van der Waals surface area contributed by atoms with Crippen LogP contribution in [0, 0.1) is 0 Å². The number of carbonyl (C=O) groups is 3. The van der Waals surface area contributed by atoms with Gasteiger partial charge in [0, 0.05) is 6.07 Å². The van der Waals surface area contributed by atoms with Crippen LogP contribution in [-0.2, 0) is 20.9 Å². The van der Waals surface area contributed by atoms with Crippen molar-refractivity contribution >= 4 is 17.8 Å². The Balaban J connectivity index is 2.53. The molecule has 0 radical (unpaired) electrons. The van der Waals surface area contributed by atoms with Gasteiger partial charge in [0.05, 0.1) is 12.7 Å². The molecule has 0 unspecified atom stereocenters. The van der Waals surface area contributed by atoms with E-state index < -0.39 is 17.8 Å². The van der Waals surface area contributed by atoms with Crippen LogP contribution in [0.5, 0.6) is 0 Å². The lowest BCUT2D eigenvalue weighted by molar-refractivity contribution is -0.753. The quantitative estimate of drug-likeness (QED) is 0.492. The number of aryl methyl sites for hydroxylation is 1. The minimum Gasteiger partial charge on any atom is -0.481 e. The topological polar surface area (TPSA) is 109 Å². The maximum atomic E-state index is 11.6. The van der Waals surface area contributed by atoms with E-state index in [1.54, 1.807) is 0 Å². The van der Waals surface area contributed by atoms with E-state index in [-0.39, 0.29) is 25.1 Å². The molecule has 102 valence electrons. The van der Waals surface area contributed by atoms with E-state index in [1.165, 1.54) is 30.3 Å². The third-order valence-corrected chi connectivity index (χ3v) is 2.21. The Morgan fingerprint density at radius 3 is 2.74 bits per heavy atom. The van der Waals surface area contributed by atoms with E-state index in [9.17, 15) is 14.4 Å². The summed E-state index contributed by atoms with van der Waals surface area (Å²) in [6, 6.07) is 1.49. The van der Waals surface area contributed by atoms with E-state index in [0.717, 1.165) is 0 Å². The van der Waals surface area contributed by atoms with E-state index in [0.29, 0.717) is 0 Å². The summed E-state index contributed by atoms with van der Waals surface area (Å²) in [5.41, 5.74) is 0.274.